The number of methoxy groups -OCH3 is 1. The van der Waals surface area contributed by atoms with E-state index < -0.39 is 15.6 Å². The van der Waals surface area contributed by atoms with Crippen LogP contribution in [0.25, 0.3) is 0 Å². The van der Waals surface area contributed by atoms with E-state index in [1.807, 2.05) is 0 Å². The lowest BCUT2D eigenvalue weighted by atomic mass is 10.1. The van der Waals surface area contributed by atoms with Gasteiger partial charge in [0.05, 0.1) is 18.4 Å². The summed E-state index contributed by atoms with van der Waals surface area (Å²) in [6.07, 6.45) is 0. The van der Waals surface area contributed by atoms with E-state index in [1.54, 1.807) is 19.0 Å². The molecule has 0 fully saturated rings. The summed E-state index contributed by atoms with van der Waals surface area (Å²) < 4.78 is 38.0. The molecule has 0 unspecified atom stereocenters. The summed E-state index contributed by atoms with van der Waals surface area (Å²) in [6, 6.07) is 2.68. The lowest BCUT2D eigenvalue weighted by molar-refractivity contribution is -0.118. The van der Waals surface area contributed by atoms with Crippen molar-refractivity contribution in [1.82, 2.24) is 9.62 Å². The maximum Gasteiger partial charge on any atom is 0.262 e. The van der Waals surface area contributed by atoms with Crippen molar-refractivity contribution in [3.05, 3.63) is 12.1 Å². The predicted molar refractivity (Wildman–Crippen MR) is 91.5 cm³/mol. The quantitative estimate of drug-likeness (QED) is 0.596. The third-order valence-electron chi connectivity index (χ3n) is 3.49. The van der Waals surface area contributed by atoms with Crippen molar-refractivity contribution in [2.75, 3.05) is 46.2 Å². The van der Waals surface area contributed by atoms with Crippen molar-refractivity contribution in [3.63, 3.8) is 0 Å². The number of likely N-dealkylation sites (N-methyl/N-ethyl adjacent to an activating group) is 1. The molecule has 0 bridgehead atoms. The topological polar surface area (TPSA) is 117 Å². The van der Waals surface area contributed by atoms with Gasteiger partial charge >= 0.3 is 0 Å². The van der Waals surface area contributed by atoms with Gasteiger partial charge in [-0.2, -0.15) is 0 Å². The fourth-order valence-corrected chi connectivity index (χ4v) is 3.85. The largest absolute Gasteiger partial charge is 0.495 e. The van der Waals surface area contributed by atoms with Gasteiger partial charge in [-0.25, -0.2) is 13.1 Å². The number of nitrogens with one attached hydrogen (secondary N) is 2. The second kappa shape index (κ2) is 7.16. The smallest absolute Gasteiger partial charge is 0.262 e. The van der Waals surface area contributed by atoms with Crippen LogP contribution in [-0.2, 0) is 14.8 Å². The molecule has 140 valence electrons. The molecule has 10 heteroatoms. The van der Waals surface area contributed by atoms with Crippen LogP contribution >= 0.6 is 0 Å². The zero-order chi connectivity index (χ0) is 18.8. The summed E-state index contributed by atoms with van der Waals surface area (Å²) >= 11 is 0. The van der Waals surface area contributed by atoms with Crippen LogP contribution in [0.5, 0.6) is 11.5 Å². The van der Waals surface area contributed by atoms with Gasteiger partial charge in [-0.05, 0) is 21.0 Å². The zero-order valence-corrected chi connectivity index (χ0v) is 15.4. The Balaban J connectivity index is 2.28. The molecule has 0 saturated heterocycles. The van der Waals surface area contributed by atoms with Crippen molar-refractivity contribution in [2.24, 2.45) is 0 Å². The average Bonchev–Trinajstić information content (AvgIpc) is 2.50. The summed E-state index contributed by atoms with van der Waals surface area (Å²) in [6.45, 7) is 1.46. The molecule has 0 aliphatic carbocycles. The number of hydrogen-bond acceptors (Lipinski definition) is 7. The van der Waals surface area contributed by atoms with Crippen LogP contribution in [0.3, 0.4) is 0 Å². The monoisotopic (exact) mass is 373 g/mol. The van der Waals surface area contributed by atoms with Crippen LogP contribution in [0.2, 0.25) is 0 Å². The van der Waals surface area contributed by atoms with E-state index in [1.165, 1.54) is 26.2 Å². The second-order valence-electron chi connectivity index (χ2n) is 6.40. The SMILES string of the molecule is COc1cc2c(cc1S(=O)(=O)NC[C@](C)(O)CN(C)C)OCC(=O)N2. The minimum atomic E-state index is -3.97. The Morgan fingerprint density at radius 2 is 2.12 bits per heavy atom. The van der Waals surface area contributed by atoms with Gasteiger partial charge in [0.1, 0.15) is 16.4 Å². The lowest BCUT2D eigenvalue weighted by Crippen LogP contribution is -2.47. The first kappa shape index (κ1) is 19.4. The first-order valence-electron chi connectivity index (χ1n) is 7.55. The third-order valence-corrected chi connectivity index (χ3v) is 4.91. The van der Waals surface area contributed by atoms with Crippen molar-refractivity contribution in [1.29, 1.82) is 0 Å². The number of carbonyl (C=O) groups excluding carboxylic acids is 1. The number of carbonyl (C=O) groups is 1. The summed E-state index contributed by atoms with van der Waals surface area (Å²) in [5, 5.41) is 12.9. The highest BCUT2D eigenvalue weighted by molar-refractivity contribution is 7.89. The highest BCUT2D eigenvalue weighted by Gasteiger charge is 2.29. The number of anilines is 1. The predicted octanol–water partition coefficient (Wildman–Crippen LogP) is -0.383. The van der Waals surface area contributed by atoms with E-state index in [0.717, 1.165) is 0 Å². The highest BCUT2D eigenvalue weighted by Crippen LogP contribution is 2.37. The average molecular weight is 373 g/mol. The minimum Gasteiger partial charge on any atom is -0.495 e. The molecular weight excluding hydrogens is 350 g/mol. The number of sulfonamides is 1. The summed E-state index contributed by atoms with van der Waals surface area (Å²) in [4.78, 5) is 13.0. The Hall–Kier alpha value is -1.88. The molecule has 1 atom stereocenters. The van der Waals surface area contributed by atoms with Gasteiger partial charge in [-0.15, -0.1) is 0 Å². The molecule has 1 aromatic rings. The molecule has 0 aromatic heterocycles. The van der Waals surface area contributed by atoms with E-state index in [0.29, 0.717) is 5.69 Å². The first-order chi connectivity index (χ1) is 11.5. The van der Waals surface area contributed by atoms with Gasteiger partial charge in [-0.3, -0.25) is 4.79 Å². The molecule has 1 aliphatic heterocycles. The van der Waals surface area contributed by atoms with Crippen LogP contribution in [0, 0.1) is 0 Å². The van der Waals surface area contributed by atoms with Crippen molar-refractivity contribution in [3.8, 4) is 11.5 Å². The van der Waals surface area contributed by atoms with E-state index >= 15 is 0 Å². The number of amides is 1. The molecule has 1 amide bonds. The van der Waals surface area contributed by atoms with Gasteiger partial charge in [0.25, 0.3) is 5.91 Å². The molecule has 3 N–H and O–H groups in total. The Morgan fingerprint density at radius 1 is 1.44 bits per heavy atom. The van der Waals surface area contributed by atoms with E-state index in [4.69, 9.17) is 9.47 Å². The molecule has 9 nitrogen and oxygen atoms in total. The van der Waals surface area contributed by atoms with Crippen molar-refractivity contribution in [2.45, 2.75) is 17.4 Å². The Kier molecular flexibility index (Phi) is 5.57. The number of benzene rings is 1. The van der Waals surface area contributed by atoms with Crippen LogP contribution in [0.1, 0.15) is 6.92 Å². The number of aliphatic hydroxyl groups is 1. The van der Waals surface area contributed by atoms with E-state index in [2.05, 4.69) is 10.0 Å². The molecule has 0 saturated carbocycles. The summed E-state index contributed by atoms with van der Waals surface area (Å²) in [5.41, 5.74) is -0.908. The van der Waals surface area contributed by atoms with Gasteiger partial charge in [0, 0.05) is 25.2 Å². The second-order valence-corrected chi connectivity index (χ2v) is 8.13. The fourth-order valence-electron chi connectivity index (χ4n) is 2.52. The van der Waals surface area contributed by atoms with Gasteiger partial charge in [0.15, 0.2) is 6.61 Å². The van der Waals surface area contributed by atoms with Crippen LogP contribution in [-0.4, -0.2) is 70.8 Å². The van der Waals surface area contributed by atoms with E-state index in [-0.39, 0.29) is 42.0 Å². The molecule has 0 spiro atoms. The molecule has 1 aromatic carbocycles. The summed E-state index contributed by atoms with van der Waals surface area (Å²) in [7, 11) is 0.920. The maximum absolute atomic E-state index is 12.6. The molecule has 25 heavy (non-hydrogen) atoms. The zero-order valence-electron chi connectivity index (χ0n) is 14.6. The van der Waals surface area contributed by atoms with Crippen LogP contribution in [0.15, 0.2) is 17.0 Å². The van der Waals surface area contributed by atoms with Gasteiger partial charge in [-0.1, -0.05) is 0 Å². The number of hydrogen-bond donors (Lipinski definition) is 3. The fraction of sp³-hybridized carbons (Fsp3) is 0.533. The normalized spacial score (nSPS) is 16.6. The number of ether oxygens (including phenoxy) is 2. The molecule has 0 radical (unpaired) electrons. The Morgan fingerprint density at radius 3 is 2.72 bits per heavy atom. The maximum atomic E-state index is 12.6. The third kappa shape index (κ3) is 4.82. The molecule has 2 rings (SSSR count). The van der Waals surface area contributed by atoms with Crippen LogP contribution < -0.4 is 19.5 Å². The number of rotatable bonds is 7. The van der Waals surface area contributed by atoms with E-state index in [9.17, 15) is 18.3 Å². The standard InChI is InChI=1S/C15H23N3O6S/c1-15(20,9-18(2)3)8-16-25(21,22)13-6-11-10(5-12(13)23-4)17-14(19)7-24-11/h5-6,16,20H,7-9H2,1-4H3,(H,17,19)/t15-/m0/s1. The van der Waals surface area contributed by atoms with Crippen LogP contribution in [0.4, 0.5) is 5.69 Å². The number of fused-ring (bicyclic) bond motifs is 1. The lowest BCUT2D eigenvalue weighted by Gasteiger charge is -2.27. The van der Waals surface area contributed by atoms with Gasteiger partial charge in [0.2, 0.25) is 10.0 Å². The number of nitrogens with zero attached hydrogens (tertiary/aromatic N) is 1. The minimum absolute atomic E-state index is 0.0595. The Labute approximate surface area is 147 Å². The molecular formula is C15H23N3O6S. The Bertz CT molecular complexity index is 761. The molecule has 1 aliphatic rings. The van der Waals surface area contributed by atoms with Crippen molar-refractivity contribution < 1.29 is 27.8 Å². The molecule has 1 heterocycles. The summed E-state index contributed by atoms with van der Waals surface area (Å²) in [5.74, 6) is -0.0341. The highest BCUT2D eigenvalue weighted by atomic mass is 32.2. The first-order valence-corrected chi connectivity index (χ1v) is 9.04. The van der Waals surface area contributed by atoms with Gasteiger partial charge < -0.3 is 24.8 Å². The van der Waals surface area contributed by atoms with Crippen molar-refractivity contribution >= 4 is 21.6 Å².